The fourth-order valence-corrected chi connectivity index (χ4v) is 3.73. The predicted octanol–water partition coefficient (Wildman–Crippen LogP) is 1.91. The molecule has 104 valence electrons. The normalized spacial score (nSPS) is 14.8. The third-order valence-electron chi connectivity index (χ3n) is 1.94. The number of hydrogen-bond acceptors (Lipinski definition) is 4. The SMILES string of the molecule is Cc1cc(S(=O)(=O)NCC(O)C(F)(F)F)sc1Cl. The van der Waals surface area contributed by atoms with Gasteiger partial charge in [0.2, 0.25) is 10.0 Å². The monoisotopic (exact) mass is 323 g/mol. The molecule has 1 atom stereocenters. The van der Waals surface area contributed by atoms with E-state index in [1.807, 2.05) is 0 Å². The van der Waals surface area contributed by atoms with E-state index in [9.17, 15) is 21.6 Å². The topological polar surface area (TPSA) is 66.4 Å². The van der Waals surface area contributed by atoms with Crippen LogP contribution in [0.4, 0.5) is 13.2 Å². The Bertz CT molecular complexity index is 507. The molecule has 2 N–H and O–H groups in total. The van der Waals surface area contributed by atoms with E-state index < -0.39 is 28.8 Å². The number of halogens is 4. The van der Waals surface area contributed by atoms with Crippen molar-refractivity contribution in [2.45, 2.75) is 23.4 Å². The molecule has 10 heteroatoms. The van der Waals surface area contributed by atoms with E-state index in [0.29, 0.717) is 5.56 Å². The summed E-state index contributed by atoms with van der Waals surface area (Å²) in [6, 6.07) is 1.25. The number of thiophene rings is 1. The molecule has 1 heterocycles. The lowest BCUT2D eigenvalue weighted by molar-refractivity contribution is -0.200. The Kier molecular flexibility index (Phi) is 4.65. The van der Waals surface area contributed by atoms with Crippen molar-refractivity contribution in [3.8, 4) is 0 Å². The maximum absolute atomic E-state index is 12.0. The van der Waals surface area contributed by atoms with Crippen LogP contribution in [0.5, 0.6) is 0 Å². The van der Waals surface area contributed by atoms with Crippen LogP contribution in [-0.4, -0.2) is 32.3 Å². The summed E-state index contributed by atoms with van der Waals surface area (Å²) in [6.45, 7) is 0.433. The van der Waals surface area contributed by atoms with Crippen LogP contribution in [-0.2, 0) is 10.0 Å². The number of aliphatic hydroxyl groups excluding tert-OH is 1. The van der Waals surface area contributed by atoms with Crippen molar-refractivity contribution in [2.75, 3.05) is 6.54 Å². The molecular weight excluding hydrogens is 315 g/mol. The summed E-state index contributed by atoms with van der Waals surface area (Å²) in [5.41, 5.74) is 0.512. The standard InChI is InChI=1S/C8H9ClF3NO3S2/c1-4-2-6(17-7(4)9)18(15,16)13-3-5(14)8(10,11)12/h2,5,13-14H,3H2,1H3. The van der Waals surface area contributed by atoms with Crippen molar-refractivity contribution in [1.82, 2.24) is 4.72 Å². The quantitative estimate of drug-likeness (QED) is 0.889. The zero-order valence-electron chi connectivity index (χ0n) is 8.95. The maximum atomic E-state index is 12.0. The molecular formula is C8H9ClF3NO3S2. The van der Waals surface area contributed by atoms with Gasteiger partial charge < -0.3 is 5.11 Å². The van der Waals surface area contributed by atoms with Crippen LogP contribution in [0.25, 0.3) is 0 Å². The highest BCUT2D eigenvalue weighted by Crippen LogP contribution is 2.30. The minimum Gasteiger partial charge on any atom is -0.382 e. The molecule has 0 aromatic carbocycles. The van der Waals surface area contributed by atoms with Gasteiger partial charge in [0.1, 0.15) is 4.21 Å². The van der Waals surface area contributed by atoms with Crippen molar-refractivity contribution >= 4 is 33.0 Å². The molecule has 1 aromatic rings. The van der Waals surface area contributed by atoms with E-state index >= 15 is 0 Å². The lowest BCUT2D eigenvalue weighted by Crippen LogP contribution is -2.40. The van der Waals surface area contributed by atoms with Gasteiger partial charge in [0, 0.05) is 6.54 Å². The van der Waals surface area contributed by atoms with Crippen LogP contribution < -0.4 is 4.72 Å². The number of alkyl halides is 3. The van der Waals surface area contributed by atoms with Gasteiger partial charge in [-0.3, -0.25) is 0 Å². The molecule has 1 unspecified atom stereocenters. The third-order valence-corrected chi connectivity index (χ3v) is 5.40. The number of aliphatic hydroxyl groups is 1. The van der Waals surface area contributed by atoms with E-state index in [0.717, 1.165) is 11.3 Å². The predicted molar refractivity (Wildman–Crippen MR) is 61.3 cm³/mol. The van der Waals surface area contributed by atoms with E-state index in [1.54, 1.807) is 11.6 Å². The Morgan fingerprint density at radius 2 is 2.11 bits per heavy atom. The van der Waals surface area contributed by atoms with E-state index in [-0.39, 0.29) is 8.55 Å². The molecule has 0 bridgehead atoms. The second-order valence-corrected chi connectivity index (χ2v) is 7.08. The van der Waals surface area contributed by atoms with Gasteiger partial charge in [0.15, 0.2) is 6.10 Å². The Morgan fingerprint density at radius 1 is 1.56 bits per heavy atom. The van der Waals surface area contributed by atoms with Gasteiger partial charge in [-0.25, -0.2) is 13.1 Å². The first-order chi connectivity index (χ1) is 8.04. The molecule has 0 amide bonds. The first kappa shape index (κ1) is 15.7. The van der Waals surface area contributed by atoms with Gasteiger partial charge in [0.25, 0.3) is 0 Å². The zero-order chi connectivity index (χ0) is 14.1. The number of aryl methyl sites for hydroxylation is 1. The minimum absolute atomic E-state index is 0.195. The molecule has 0 aliphatic carbocycles. The lowest BCUT2D eigenvalue weighted by Gasteiger charge is -2.14. The molecule has 0 fully saturated rings. The van der Waals surface area contributed by atoms with Crippen LogP contribution in [0.3, 0.4) is 0 Å². The molecule has 1 rings (SSSR count). The highest BCUT2D eigenvalue weighted by molar-refractivity contribution is 7.91. The summed E-state index contributed by atoms with van der Waals surface area (Å²) in [7, 11) is -4.09. The second kappa shape index (κ2) is 5.33. The van der Waals surface area contributed by atoms with Gasteiger partial charge in [0.05, 0.1) is 4.34 Å². The first-order valence-electron chi connectivity index (χ1n) is 4.54. The molecule has 0 radical (unpaired) electrons. The number of hydrogen-bond donors (Lipinski definition) is 2. The highest BCUT2D eigenvalue weighted by Gasteiger charge is 2.38. The fraction of sp³-hybridized carbons (Fsp3) is 0.500. The van der Waals surface area contributed by atoms with E-state index in [1.165, 1.54) is 6.07 Å². The van der Waals surface area contributed by atoms with Gasteiger partial charge >= 0.3 is 6.18 Å². The summed E-state index contributed by atoms with van der Waals surface area (Å²) < 4.78 is 60.9. The van der Waals surface area contributed by atoms with Crippen LogP contribution in [0, 0.1) is 6.92 Å². The maximum Gasteiger partial charge on any atom is 0.415 e. The summed E-state index contributed by atoms with van der Waals surface area (Å²) in [5.74, 6) is 0. The fourth-order valence-electron chi connectivity index (χ4n) is 0.940. The minimum atomic E-state index is -4.87. The third kappa shape index (κ3) is 3.82. The Labute approximate surface area is 110 Å². The number of sulfonamides is 1. The van der Waals surface area contributed by atoms with Crippen molar-refractivity contribution in [3.05, 3.63) is 16.0 Å². The van der Waals surface area contributed by atoms with Gasteiger partial charge in [-0.15, -0.1) is 11.3 Å². The van der Waals surface area contributed by atoms with Gasteiger partial charge in [-0.05, 0) is 18.6 Å². The Hall–Kier alpha value is -0.350. The molecule has 0 spiro atoms. The van der Waals surface area contributed by atoms with E-state index in [2.05, 4.69) is 0 Å². The average Bonchev–Trinajstić information content (AvgIpc) is 2.55. The van der Waals surface area contributed by atoms with Crippen LogP contribution >= 0.6 is 22.9 Å². The summed E-state index contributed by atoms with van der Waals surface area (Å²) in [6.07, 6.45) is -7.62. The van der Waals surface area contributed by atoms with Crippen molar-refractivity contribution in [1.29, 1.82) is 0 Å². The first-order valence-corrected chi connectivity index (χ1v) is 7.22. The average molecular weight is 324 g/mol. The van der Waals surface area contributed by atoms with Crippen molar-refractivity contribution in [2.24, 2.45) is 0 Å². The largest absolute Gasteiger partial charge is 0.415 e. The highest BCUT2D eigenvalue weighted by atomic mass is 35.5. The van der Waals surface area contributed by atoms with Crippen LogP contribution in [0.15, 0.2) is 10.3 Å². The molecule has 18 heavy (non-hydrogen) atoms. The number of rotatable bonds is 4. The number of nitrogens with one attached hydrogen (secondary N) is 1. The van der Waals surface area contributed by atoms with E-state index in [4.69, 9.17) is 16.7 Å². The van der Waals surface area contributed by atoms with Crippen LogP contribution in [0.2, 0.25) is 4.34 Å². The Balaban J connectivity index is 2.78. The molecule has 0 aliphatic rings. The van der Waals surface area contributed by atoms with Crippen molar-refractivity contribution < 1.29 is 26.7 Å². The van der Waals surface area contributed by atoms with Gasteiger partial charge in [-0.1, -0.05) is 11.6 Å². The molecule has 1 aromatic heterocycles. The summed E-state index contributed by atoms with van der Waals surface area (Å²) >= 11 is 6.40. The van der Waals surface area contributed by atoms with Crippen LogP contribution in [0.1, 0.15) is 5.56 Å². The van der Waals surface area contributed by atoms with Crippen molar-refractivity contribution in [3.63, 3.8) is 0 Å². The lowest BCUT2D eigenvalue weighted by atomic mass is 10.4. The van der Waals surface area contributed by atoms with Gasteiger partial charge in [-0.2, -0.15) is 13.2 Å². The molecule has 0 saturated carbocycles. The second-order valence-electron chi connectivity index (χ2n) is 3.43. The summed E-state index contributed by atoms with van der Waals surface area (Å²) in [5, 5.41) is 8.68. The summed E-state index contributed by atoms with van der Waals surface area (Å²) in [4.78, 5) is 0. The molecule has 4 nitrogen and oxygen atoms in total. The smallest absolute Gasteiger partial charge is 0.382 e. The molecule has 0 saturated heterocycles. The Morgan fingerprint density at radius 3 is 2.50 bits per heavy atom. The zero-order valence-corrected chi connectivity index (χ0v) is 11.3. The molecule has 0 aliphatic heterocycles.